The average molecular weight is 268 g/mol. The largest absolute Gasteiger partial charge is 0.349 e. The van der Waals surface area contributed by atoms with E-state index >= 15 is 0 Å². The minimum atomic E-state index is -0.156. The van der Waals surface area contributed by atoms with Crippen LogP contribution in [0.25, 0.3) is 0 Å². The van der Waals surface area contributed by atoms with Crippen LogP contribution in [0.5, 0.6) is 0 Å². The smallest absolute Gasteiger partial charge is 0.269 e. The fourth-order valence-electron chi connectivity index (χ4n) is 2.23. The molecular weight excluding hydrogens is 250 g/mol. The normalized spacial score (nSPS) is 20.7. The van der Waals surface area contributed by atoms with Gasteiger partial charge >= 0.3 is 0 Å². The van der Waals surface area contributed by atoms with Crippen LogP contribution in [0.15, 0.2) is 18.3 Å². The van der Waals surface area contributed by atoms with Gasteiger partial charge in [0.2, 0.25) is 0 Å². The predicted octanol–water partition coefficient (Wildman–Crippen LogP) is 1.95. The summed E-state index contributed by atoms with van der Waals surface area (Å²) < 4.78 is 0. The van der Waals surface area contributed by atoms with Gasteiger partial charge in [-0.2, -0.15) is 0 Å². The summed E-state index contributed by atoms with van der Waals surface area (Å²) in [4.78, 5) is 18.2. The second-order valence-electron chi connectivity index (χ2n) is 4.70. The van der Waals surface area contributed by atoms with E-state index in [1.165, 1.54) is 12.8 Å². The minimum absolute atomic E-state index is 0.156. The Morgan fingerprint density at radius 2 is 2.44 bits per heavy atom. The number of amides is 1. The quantitative estimate of drug-likeness (QED) is 0.911. The summed E-state index contributed by atoms with van der Waals surface area (Å²) in [7, 11) is 2.10. The van der Waals surface area contributed by atoms with Gasteiger partial charge in [-0.3, -0.25) is 9.78 Å². The summed E-state index contributed by atoms with van der Waals surface area (Å²) in [6.07, 6.45) is 5.17. The maximum Gasteiger partial charge on any atom is 0.269 e. The van der Waals surface area contributed by atoms with Crippen LogP contribution in [0.4, 0.5) is 0 Å². The Morgan fingerprint density at radius 3 is 3.17 bits per heavy atom. The predicted molar refractivity (Wildman–Crippen MR) is 71.8 cm³/mol. The van der Waals surface area contributed by atoms with Gasteiger partial charge in [-0.1, -0.05) is 18.0 Å². The number of carbonyl (C=O) groups is 1. The summed E-state index contributed by atoms with van der Waals surface area (Å²) in [5.41, 5.74) is 0.376. The molecule has 1 aliphatic rings. The van der Waals surface area contributed by atoms with E-state index < -0.39 is 0 Å². The lowest BCUT2D eigenvalue weighted by molar-refractivity contribution is 0.0923. The number of rotatable bonds is 3. The van der Waals surface area contributed by atoms with Gasteiger partial charge in [-0.15, -0.1) is 0 Å². The first-order chi connectivity index (χ1) is 8.66. The highest BCUT2D eigenvalue weighted by atomic mass is 35.5. The highest BCUT2D eigenvalue weighted by molar-refractivity contribution is 6.30. The highest BCUT2D eigenvalue weighted by Gasteiger charge is 2.19. The average Bonchev–Trinajstić information content (AvgIpc) is 2.37. The molecule has 1 amide bonds. The third kappa shape index (κ3) is 3.43. The van der Waals surface area contributed by atoms with Crippen molar-refractivity contribution >= 4 is 17.5 Å². The fourth-order valence-corrected chi connectivity index (χ4v) is 2.39. The molecule has 1 unspecified atom stereocenters. The molecule has 0 aliphatic carbocycles. The van der Waals surface area contributed by atoms with Crippen LogP contribution in [0.3, 0.4) is 0 Å². The number of piperidine rings is 1. The Bertz CT molecular complexity index is 424. The van der Waals surface area contributed by atoms with Gasteiger partial charge < -0.3 is 10.2 Å². The maximum absolute atomic E-state index is 11.9. The van der Waals surface area contributed by atoms with Crippen molar-refractivity contribution < 1.29 is 4.79 Å². The molecule has 1 aromatic heterocycles. The summed E-state index contributed by atoms with van der Waals surface area (Å²) in [5, 5.41) is 3.46. The van der Waals surface area contributed by atoms with Crippen LogP contribution < -0.4 is 5.32 Å². The monoisotopic (exact) mass is 267 g/mol. The second-order valence-corrected chi connectivity index (χ2v) is 5.14. The second kappa shape index (κ2) is 6.16. The van der Waals surface area contributed by atoms with Crippen molar-refractivity contribution in [2.75, 3.05) is 20.1 Å². The van der Waals surface area contributed by atoms with Gasteiger partial charge in [-0.25, -0.2) is 0 Å². The van der Waals surface area contributed by atoms with E-state index in [9.17, 15) is 4.79 Å². The molecule has 0 bridgehead atoms. The Hall–Kier alpha value is -1.13. The van der Waals surface area contributed by atoms with Crippen LogP contribution in [0, 0.1) is 0 Å². The fraction of sp³-hybridized carbons (Fsp3) is 0.538. The highest BCUT2D eigenvalue weighted by Crippen LogP contribution is 2.14. The first kappa shape index (κ1) is 13.3. The molecule has 1 aliphatic heterocycles. The molecule has 98 valence electrons. The molecule has 5 heteroatoms. The van der Waals surface area contributed by atoms with Crippen molar-refractivity contribution in [2.45, 2.75) is 25.3 Å². The van der Waals surface area contributed by atoms with Crippen molar-refractivity contribution in [3.63, 3.8) is 0 Å². The van der Waals surface area contributed by atoms with E-state index in [4.69, 9.17) is 11.6 Å². The van der Waals surface area contributed by atoms with E-state index in [0.717, 1.165) is 13.0 Å². The van der Waals surface area contributed by atoms with E-state index in [1.807, 2.05) is 0 Å². The van der Waals surface area contributed by atoms with Crippen LogP contribution >= 0.6 is 11.6 Å². The van der Waals surface area contributed by atoms with Crippen molar-refractivity contribution in [1.82, 2.24) is 15.2 Å². The molecule has 2 rings (SSSR count). The third-order valence-electron chi connectivity index (χ3n) is 3.37. The molecule has 2 heterocycles. The van der Waals surface area contributed by atoms with Crippen molar-refractivity contribution in [2.24, 2.45) is 0 Å². The van der Waals surface area contributed by atoms with Gasteiger partial charge in [0.15, 0.2) is 0 Å². The first-order valence-corrected chi connectivity index (χ1v) is 6.64. The molecule has 1 fully saturated rings. The minimum Gasteiger partial charge on any atom is -0.349 e. The molecule has 1 aromatic rings. The number of likely N-dealkylation sites (tertiary alicyclic amines) is 1. The Morgan fingerprint density at radius 1 is 1.61 bits per heavy atom. The van der Waals surface area contributed by atoms with Gasteiger partial charge in [0.25, 0.3) is 5.91 Å². The molecule has 0 radical (unpaired) electrons. The number of nitrogens with zero attached hydrogens (tertiary/aromatic N) is 2. The van der Waals surface area contributed by atoms with Crippen LogP contribution in [-0.2, 0) is 0 Å². The van der Waals surface area contributed by atoms with Crippen LogP contribution in [-0.4, -0.2) is 42.0 Å². The van der Waals surface area contributed by atoms with Gasteiger partial charge in [0, 0.05) is 23.8 Å². The van der Waals surface area contributed by atoms with Gasteiger partial charge in [0.05, 0.1) is 0 Å². The van der Waals surface area contributed by atoms with E-state index in [2.05, 4.69) is 22.2 Å². The maximum atomic E-state index is 11.9. The molecule has 1 N–H and O–H groups in total. The van der Waals surface area contributed by atoms with E-state index in [0.29, 0.717) is 23.3 Å². The lowest BCUT2D eigenvalue weighted by Gasteiger charge is -2.32. The number of hydrogen-bond acceptors (Lipinski definition) is 3. The SMILES string of the molecule is CN1CCCCC1CNC(=O)c1cc(Cl)ccn1. The summed E-state index contributed by atoms with van der Waals surface area (Å²) >= 11 is 5.83. The first-order valence-electron chi connectivity index (χ1n) is 6.27. The Kier molecular flexibility index (Phi) is 4.55. The number of pyridine rings is 1. The Labute approximate surface area is 112 Å². The van der Waals surface area contributed by atoms with Gasteiger partial charge in [-0.05, 0) is 38.6 Å². The molecule has 0 saturated carbocycles. The van der Waals surface area contributed by atoms with Crippen molar-refractivity contribution in [3.8, 4) is 0 Å². The summed E-state index contributed by atoms with van der Waals surface area (Å²) in [5.74, 6) is -0.156. The standard InChI is InChI=1S/C13H18ClN3O/c1-17-7-3-2-4-11(17)9-16-13(18)12-8-10(14)5-6-15-12/h5-6,8,11H,2-4,7,9H2,1H3,(H,16,18). The van der Waals surface area contributed by atoms with Crippen LogP contribution in [0.2, 0.25) is 5.02 Å². The number of aromatic nitrogens is 1. The Balaban J connectivity index is 1.88. The summed E-state index contributed by atoms with van der Waals surface area (Å²) in [6.45, 7) is 1.78. The number of halogens is 1. The zero-order valence-corrected chi connectivity index (χ0v) is 11.3. The van der Waals surface area contributed by atoms with Crippen molar-refractivity contribution in [3.05, 3.63) is 29.0 Å². The topological polar surface area (TPSA) is 45.2 Å². The molecule has 18 heavy (non-hydrogen) atoms. The molecule has 1 atom stereocenters. The molecule has 1 saturated heterocycles. The lowest BCUT2D eigenvalue weighted by Crippen LogP contribution is -2.44. The third-order valence-corrected chi connectivity index (χ3v) is 3.61. The molecule has 4 nitrogen and oxygen atoms in total. The molecule has 0 spiro atoms. The van der Waals surface area contributed by atoms with E-state index in [-0.39, 0.29) is 5.91 Å². The van der Waals surface area contributed by atoms with Crippen molar-refractivity contribution in [1.29, 1.82) is 0 Å². The van der Waals surface area contributed by atoms with Crippen LogP contribution in [0.1, 0.15) is 29.8 Å². The van der Waals surface area contributed by atoms with Gasteiger partial charge in [0.1, 0.15) is 5.69 Å². The molecular formula is C13H18ClN3O. The molecule has 0 aromatic carbocycles. The lowest BCUT2D eigenvalue weighted by atomic mass is 10.0. The number of carbonyl (C=O) groups excluding carboxylic acids is 1. The number of likely N-dealkylation sites (N-methyl/N-ethyl adjacent to an activating group) is 1. The summed E-state index contributed by atoms with van der Waals surface area (Å²) in [6, 6.07) is 3.68. The zero-order chi connectivity index (χ0) is 13.0. The number of hydrogen-bond donors (Lipinski definition) is 1. The van der Waals surface area contributed by atoms with E-state index in [1.54, 1.807) is 18.3 Å². The number of nitrogens with one attached hydrogen (secondary N) is 1. The zero-order valence-electron chi connectivity index (χ0n) is 10.5.